The molecule has 0 saturated carbocycles. The van der Waals surface area contributed by atoms with Gasteiger partial charge in [-0.3, -0.25) is 4.79 Å². The molecule has 0 saturated heterocycles. The number of amides is 1. The van der Waals surface area contributed by atoms with Crippen LogP contribution in [-0.4, -0.2) is 19.6 Å². The summed E-state index contributed by atoms with van der Waals surface area (Å²) < 4.78 is 37.3. The Morgan fingerprint density at radius 3 is 2.60 bits per heavy atom. The average Bonchev–Trinajstić information content (AvgIpc) is 2.61. The van der Waals surface area contributed by atoms with E-state index >= 15 is 0 Å². The number of hydrogen-bond acceptors (Lipinski definition) is 4. The molecule has 0 aliphatic heterocycles. The van der Waals surface area contributed by atoms with Gasteiger partial charge in [-0.25, -0.2) is 8.78 Å². The van der Waals surface area contributed by atoms with Crippen LogP contribution in [0.15, 0.2) is 42.5 Å². The molecule has 7 heteroatoms. The summed E-state index contributed by atoms with van der Waals surface area (Å²) in [7, 11) is 1.44. The van der Waals surface area contributed by atoms with Crippen LogP contribution in [0.5, 0.6) is 11.5 Å². The first-order valence-corrected chi connectivity index (χ1v) is 7.16. The fraction of sp³-hybridized carbons (Fsp3) is 0.111. The summed E-state index contributed by atoms with van der Waals surface area (Å²) in [5.74, 6) is -1.63. The van der Waals surface area contributed by atoms with Crippen LogP contribution in [0.1, 0.15) is 5.56 Å². The summed E-state index contributed by atoms with van der Waals surface area (Å²) in [6.45, 7) is -0.123. The van der Waals surface area contributed by atoms with Crippen LogP contribution in [0, 0.1) is 23.0 Å². The number of carbonyl (C=O) groups is 1. The monoisotopic (exact) mass is 344 g/mol. The van der Waals surface area contributed by atoms with Crippen LogP contribution in [0.2, 0.25) is 0 Å². The highest BCUT2D eigenvalue weighted by Crippen LogP contribution is 2.28. The Bertz CT molecular complexity index is 824. The standard InChI is InChI=1S/C18H14F2N2O3/c1-24-16-11-12(5-7-15(16)25-10-9-21)6-8-17(23)22-18-13(19)3-2-4-14(18)20/h2-8,11H,10H2,1H3,(H,22,23)/b8-6+. The van der Waals surface area contributed by atoms with E-state index in [4.69, 9.17) is 14.7 Å². The summed E-state index contributed by atoms with van der Waals surface area (Å²) in [4.78, 5) is 11.8. The molecule has 25 heavy (non-hydrogen) atoms. The zero-order valence-corrected chi connectivity index (χ0v) is 13.3. The largest absolute Gasteiger partial charge is 0.493 e. The number of carbonyl (C=O) groups excluding carboxylic acids is 1. The van der Waals surface area contributed by atoms with E-state index in [0.29, 0.717) is 17.1 Å². The number of methoxy groups -OCH3 is 1. The summed E-state index contributed by atoms with van der Waals surface area (Å²) in [6.07, 6.45) is 2.58. The lowest BCUT2D eigenvalue weighted by Crippen LogP contribution is -2.10. The van der Waals surface area contributed by atoms with Crippen molar-refractivity contribution in [1.29, 1.82) is 5.26 Å². The molecule has 0 radical (unpaired) electrons. The van der Waals surface area contributed by atoms with E-state index in [1.807, 2.05) is 6.07 Å². The predicted octanol–water partition coefficient (Wildman–Crippen LogP) is 3.53. The Hall–Kier alpha value is -3.40. The van der Waals surface area contributed by atoms with Crippen molar-refractivity contribution in [3.05, 3.63) is 59.7 Å². The third-order valence-corrected chi connectivity index (χ3v) is 3.12. The van der Waals surface area contributed by atoms with Crippen LogP contribution in [0.4, 0.5) is 14.5 Å². The van der Waals surface area contributed by atoms with Crippen LogP contribution < -0.4 is 14.8 Å². The molecule has 1 amide bonds. The Labute approximate surface area is 143 Å². The lowest BCUT2D eigenvalue weighted by molar-refractivity contribution is -0.111. The van der Waals surface area contributed by atoms with Crippen LogP contribution >= 0.6 is 0 Å². The van der Waals surface area contributed by atoms with Gasteiger partial charge >= 0.3 is 0 Å². The van der Waals surface area contributed by atoms with Gasteiger partial charge in [0, 0.05) is 6.08 Å². The molecule has 128 valence electrons. The van der Waals surface area contributed by atoms with Gasteiger partial charge in [0.1, 0.15) is 23.4 Å². The van der Waals surface area contributed by atoms with Gasteiger partial charge in [-0.1, -0.05) is 12.1 Å². The predicted molar refractivity (Wildman–Crippen MR) is 88.1 cm³/mol. The lowest BCUT2D eigenvalue weighted by Gasteiger charge is -2.09. The number of ether oxygens (including phenoxy) is 2. The first kappa shape index (κ1) is 17.9. The second-order valence-corrected chi connectivity index (χ2v) is 4.78. The molecule has 0 heterocycles. The van der Waals surface area contributed by atoms with Crippen molar-refractivity contribution in [1.82, 2.24) is 0 Å². The van der Waals surface area contributed by atoms with Gasteiger partial charge in [0.2, 0.25) is 5.91 Å². The van der Waals surface area contributed by atoms with Crippen molar-refractivity contribution in [2.45, 2.75) is 0 Å². The fourth-order valence-electron chi connectivity index (χ4n) is 1.97. The van der Waals surface area contributed by atoms with Crippen LogP contribution in [0.3, 0.4) is 0 Å². The van der Waals surface area contributed by atoms with E-state index in [9.17, 15) is 13.6 Å². The van der Waals surface area contributed by atoms with Crippen molar-refractivity contribution in [2.75, 3.05) is 19.0 Å². The number of nitriles is 1. The van der Waals surface area contributed by atoms with Gasteiger partial charge in [-0.05, 0) is 35.9 Å². The molecule has 0 fully saturated rings. The summed E-state index contributed by atoms with van der Waals surface area (Å²) >= 11 is 0. The van der Waals surface area contributed by atoms with E-state index in [1.54, 1.807) is 18.2 Å². The minimum Gasteiger partial charge on any atom is -0.493 e. The average molecular weight is 344 g/mol. The molecule has 2 aromatic rings. The van der Waals surface area contributed by atoms with E-state index in [-0.39, 0.29) is 6.61 Å². The second kappa shape index (κ2) is 8.45. The summed E-state index contributed by atoms with van der Waals surface area (Å²) in [6, 6.07) is 9.98. The number of rotatable bonds is 6. The molecule has 0 aliphatic carbocycles. The molecular weight excluding hydrogens is 330 g/mol. The van der Waals surface area contributed by atoms with Crippen LogP contribution in [0.25, 0.3) is 6.08 Å². The Kier molecular flexibility index (Phi) is 6.07. The Morgan fingerprint density at radius 1 is 1.24 bits per heavy atom. The molecule has 0 bridgehead atoms. The number of hydrogen-bond donors (Lipinski definition) is 1. The van der Waals surface area contributed by atoms with Crippen molar-refractivity contribution in [2.24, 2.45) is 0 Å². The van der Waals surface area contributed by atoms with Gasteiger partial charge in [-0.15, -0.1) is 0 Å². The van der Waals surface area contributed by atoms with Crippen molar-refractivity contribution < 1.29 is 23.0 Å². The zero-order valence-electron chi connectivity index (χ0n) is 13.3. The number of benzene rings is 2. The molecule has 0 aromatic heterocycles. The maximum Gasteiger partial charge on any atom is 0.248 e. The third kappa shape index (κ3) is 4.78. The van der Waals surface area contributed by atoms with E-state index < -0.39 is 23.2 Å². The van der Waals surface area contributed by atoms with E-state index in [1.165, 1.54) is 19.3 Å². The molecular formula is C18H14F2N2O3. The minimum atomic E-state index is -0.859. The first-order chi connectivity index (χ1) is 12.0. The molecule has 1 N–H and O–H groups in total. The van der Waals surface area contributed by atoms with E-state index in [2.05, 4.69) is 5.32 Å². The van der Waals surface area contributed by atoms with Crippen molar-refractivity contribution in [3.63, 3.8) is 0 Å². The van der Waals surface area contributed by atoms with Crippen molar-refractivity contribution in [3.8, 4) is 17.6 Å². The lowest BCUT2D eigenvalue weighted by atomic mass is 10.2. The zero-order chi connectivity index (χ0) is 18.2. The molecule has 0 spiro atoms. The molecule has 5 nitrogen and oxygen atoms in total. The molecule has 0 unspecified atom stereocenters. The fourth-order valence-corrected chi connectivity index (χ4v) is 1.97. The molecule has 2 aromatic carbocycles. The Balaban J connectivity index is 2.10. The molecule has 0 aliphatic rings. The molecule has 2 rings (SSSR count). The highest BCUT2D eigenvalue weighted by Gasteiger charge is 2.10. The SMILES string of the molecule is COc1cc(/C=C/C(=O)Nc2c(F)cccc2F)ccc1OCC#N. The quantitative estimate of drug-likeness (QED) is 0.814. The summed E-state index contributed by atoms with van der Waals surface area (Å²) in [5.41, 5.74) is 0.0975. The first-order valence-electron chi connectivity index (χ1n) is 7.16. The highest BCUT2D eigenvalue weighted by atomic mass is 19.1. The van der Waals surface area contributed by atoms with Gasteiger partial charge in [0.05, 0.1) is 7.11 Å². The van der Waals surface area contributed by atoms with Gasteiger partial charge in [-0.2, -0.15) is 5.26 Å². The van der Waals surface area contributed by atoms with Gasteiger partial charge < -0.3 is 14.8 Å². The topological polar surface area (TPSA) is 71.3 Å². The van der Waals surface area contributed by atoms with Crippen molar-refractivity contribution >= 4 is 17.7 Å². The Morgan fingerprint density at radius 2 is 1.96 bits per heavy atom. The van der Waals surface area contributed by atoms with E-state index in [0.717, 1.165) is 18.2 Å². The second-order valence-electron chi connectivity index (χ2n) is 4.78. The number of nitrogens with zero attached hydrogens (tertiary/aromatic N) is 1. The molecule has 0 atom stereocenters. The smallest absolute Gasteiger partial charge is 0.248 e. The van der Waals surface area contributed by atoms with Gasteiger partial charge in [0.25, 0.3) is 0 Å². The van der Waals surface area contributed by atoms with Gasteiger partial charge in [0.15, 0.2) is 18.1 Å². The summed E-state index contributed by atoms with van der Waals surface area (Å²) in [5, 5.41) is 10.7. The number of halogens is 2. The maximum atomic E-state index is 13.5. The highest BCUT2D eigenvalue weighted by molar-refractivity contribution is 6.02. The number of nitrogens with one attached hydrogen (secondary N) is 1. The third-order valence-electron chi connectivity index (χ3n) is 3.12. The normalized spacial score (nSPS) is 10.3. The van der Waals surface area contributed by atoms with Crippen LogP contribution in [-0.2, 0) is 4.79 Å². The maximum absolute atomic E-state index is 13.5. The number of anilines is 1. The minimum absolute atomic E-state index is 0.123. The number of para-hydroxylation sites is 1.